The SMILES string of the molecule is O[C@H]1[C@H](O)C[C@]23CCCN2CCc2cc4c(cc2[C@H]13)OCO4. The van der Waals surface area contributed by atoms with Crippen molar-refractivity contribution in [1.82, 2.24) is 4.90 Å². The highest BCUT2D eigenvalue weighted by Crippen LogP contribution is 2.55. The van der Waals surface area contributed by atoms with Crippen LogP contribution in [0, 0.1) is 0 Å². The molecule has 1 aliphatic carbocycles. The van der Waals surface area contributed by atoms with Crippen molar-refractivity contribution in [2.24, 2.45) is 0 Å². The molecule has 4 atom stereocenters. The van der Waals surface area contributed by atoms with Crippen molar-refractivity contribution in [3.8, 4) is 11.5 Å². The Labute approximate surface area is 129 Å². The molecule has 1 aromatic rings. The van der Waals surface area contributed by atoms with Crippen LogP contribution >= 0.6 is 0 Å². The first-order valence-electron chi connectivity index (χ1n) is 8.23. The summed E-state index contributed by atoms with van der Waals surface area (Å²) in [5.41, 5.74) is 2.30. The van der Waals surface area contributed by atoms with Crippen molar-refractivity contribution in [3.63, 3.8) is 0 Å². The Balaban J connectivity index is 1.70. The summed E-state index contributed by atoms with van der Waals surface area (Å²) >= 11 is 0. The molecule has 0 unspecified atom stereocenters. The van der Waals surface area contributed by atoms with Crippen LogP contribution in [-0.4, -0.2) is 52.7 Å². The predicted molar refractivity (Wildman–Crippen MR) is 79.2 cm³/mol. The molecular formula is C17H21NO4. The van der Waals surface area contributed by atoms with Crippen LogP contribution in [-0.2, 0) is 6.42 Å². The summed E-state index contributed by atoms with van der Waals surface area (Å²) in [5.74, 6) is 1.55. The van der Waals surface area contributed by atoms with Gasteiger partial charge >= 0.3 is 0 Å². The van der Waals surface area contributed by atoms with Crippen LogP contribution in [0.3, 0.4) is 0 Å². The summed E-state index contributed by atoms with van der Waals surface area (Å²) in [7, 11) is 0. The smallest absolute Gasteiger partial charge is 0.231 e. The number of aliphatic hydroxyl groups excluding tert-OH is 2. The van der Waals surface area contributed by atoms with E-state index in [4.69, 9.17) is 9.47 Å². The lowest BCUT2D eigenvalue weighted by Gasteiger charge is -2.39. The van der Waals surface area contributed by atoms with E-state index in [0.29, 0.717) is 6.42 Å². The molecule has 1 spiro atoms. The van der Waals surface area contributed by atoms with Gasteiger partial charge in [0, 0.05) is 18.0 Å². The lowest BCUT2D eigenvalue weighted by Crippen LogP contribution is -2.46. The van der Waals surface area contributed by atoms with Crippen LogP contribution in [0.2, 0.25) is 0 Å². The Kier molecular flexibility index (Phi) is 2.62. The van der Waals surface area contributed by atoms with E-state index in [1.165, 1.54) is 5.56 Å². The molecule has 0 aromatic heterocycles. The summed E-state index contributed by atoms with van der Waals surface area (Å²) in [6.45, 7) is 2.32. The van der Waals surface area contributed by atoms with Gasteiger partial charge in [0.05, 0.1) is 12.2 Å². The Morgan fingerprint density at radius 2 is 1.95 bits per heavy atom. The first-order valence-corrected chi connectivity index (χ1v) is 8.23. The van der Waals surface area contributed by atoms with Crippen molar-refractivity contribution in [2.45, 2.75) is 49.3 Å². The average Bonchev–Trinajstić information content (AvgIpc) is 3.15. The minimum atomic E-state index is -0.696. The second-order valence-electron chi connectivity index (χ2n) is 7.09. The first-order chi connectivity index (χ1) is 10.7. The maximum atomic E-state index is 10.7. The van der Waals surface area contributed by atoms with E-state index in [2.05, 4.69) is 11.0 Å². The van der Waals surface area contributed by atoms with Crippen molar-refractivity contribution in [1.29, 1.82) is 0 Å². The highest BCUT2D eigenvalue weighted by atomic mass is 16.7. The molecule has 2 fully saturated rings. The first kappa shape index (κ1) is 13.2. The molecule has 0 radical (unpaired) electrons. The fourth-order valence-corrected chi connectivity index (χ4v) is 5.26. The van der Waals surface area contributed by atoms with Crippen molar-refractivity contribution < 1.29 is 19.7 Å². The zero-order valence-electron chi connectivity index (χ0n) is 12.5. The Hall–Kier alpha value is -1.30. The zero-order valence-corrected chi connectivity index (χ0v) is 12.5. The van der Waals surface area contributed by atoms with Gasteiger partial charge in [-0.05, 0) is 55.5 Å². The summed E-state index contributed by atoms with van der Waals surface area (Å²) in [6.07, 6.45) is 2.51. The minimum absolute atomic E-state index is 0.0306. The Morgan fingerprint density at radius 3 is 2.82 bits per heavy atom. The molecule has 5 heteroatoms. The number of rotatable bonds is 0. The molecule has 118 valence electrons. The van der Waals surface area contributed by atoms with Gasteiger partial charge in [0.15, 0.2) is 11.5 Å². The summed E-state index contributed by atoms with van der Waals surface area (Å²) in [4.78, 5) is 2.50. The van der Waals surface area contributed by atoms with E-state index >= 15 is 0 Å². The van der Waals surface area contributed by atoms with E-state index < -0.39 is 12.2 Å². The van der Waals surface area contributed by atoms with Gasteiger partial charge in [0.25, 0.3) is 0 Å². The third-order valence-electron chi connectivity index (χ3n) is 6.17. The number of hydrogen-bond acceptors (Lipinski definition) is 5. The van der Waals surface area contributed by atoms with Crippen LogP contribution in [0.4, 0.5) is 0 Å². The molecule has 22 heavy (non-hydrogen) atoms. The molecule has 5 rings (SSSR count). The van der Waals surface area contributed by atoms with Crippen molar-refractivity contribution >= 4 is 0 Å². The average molecular weight is 303 g/mol. The molecular weight excluding hydrogens is 282 g/mol. The van der Waals surface area contributed by atoms with Gasteiger partial charge in [0.1, 0.15) is 0 Å². The topological polar surface area (TPSA) is 62.2 Å². The predicted octanol–water partition coefficient (Wildman–Crippen LogP) is 1.02. The molecule has 1 saturated carbocycles. The van der Waals surface area contributed by atoms with Gasteiger partial charge in [-0.1, -0.05) is 0 Å². The molecule has 5 nitrogen and oxygen atoms in total. The summed E-state index contributed by atoms with van der Waals surface area (Å²) < 4.78 is 11.1. The fraction of sp³-hybridized carbons (Fsp3) is 0.647. The van der Waals surface area contributed by atoms with E-state index in [1.54, 1.807) is 0 Å². The largest absolute Gasteiger partial charge is 0.454 e. The molecule has 0 bridgehead atoms. The zero-order chi connectivity index (χ0) is 14.9. The number of fused-ring (bicyclic) bond motifs is 3. The van der Waals surface area contributed by atoms with Crippen LogP contribution in [0.5, 0.6) is 11.5 Å². The fourth-order valence-electron chi connectivity index (χ4n) is 5.26. The van der Waals surface area contributed by atoms with E-state index in [-0.39, 0.29) is 18.2 Å². The number of ether oxygens (including phenoxy) is 2. The van der Waals surface area contributed by atoms with Gasteiger partial charge < -0.3 is 19.7 Å². The molecule has 3 heterocycles. The second kappa shape index (κ2) is 4.37. The highest BCUT2D eigenvalue weighted by Gasteiger charge is 2.59. The van der Waals surface area contributed by atoms with E-state index in [0.717, 1.165) is 49.4 Å². The lowest BCUT2D eigenvalue weighted by atomic mass is 9.78. The van der Waals surface area contributed by atoms with Crippen LogP contribution in [0.25, 0.3) is 0 Å². The second-order valence-corrected chi connectivity index (χ2v) is 7.09. The van der Waals surface area contributed by atoms with Crippen molar-refractivity contribution in [2.75, 3.05) is 19.9 Å². The molecule has 4 aliphatic rings. The monoisotopic (exact) mass is 303 g/mol. The molecule has 3 aliphatic heterocycles. The molecule has 2 N–H and O–H groups in total. The van der Waals surface area contributed by atoms with Crippen LogP contribution in [0.1, 0.15) is 36.3 Å². The Bertz CT molecular complexity index is 633. The number of hydrogen-bond donors (Lipinski definition) is 2. The maximum Gasteiger partial charge on any atom is 0.231 e. The molecule has 1 saturated heterocycles. The number of benzene rings is 1. The summed E-state index contributed by atoms with van der Waals surface area (Å²) in [6, 6.07) is 4.12. The normalized spacial score (nSPS) is 39.3. The highest BCUT2D eigenvalue weighted by molar-refractivity contribution is 5.52. The van der Waals surface area contributed by atoms with E-state index in [1.807, 2.05) is 6.07 Å². The van der Waals surface area contributed by atoms with Crippen molar-refractivity contribution in [3.05, 3.63) is 23.3 Å². The minimum Gasteiger partial charge on any atom is -0.454 e. The van der Waals surface area contributed by atoms with Gasteiger partial charge in [-0.25, -0.2) is 0 Å². The number of nitrogens with zero attached hydrogens (tertiary/aromatic N) is 1. The van der Waals surface area contributed by atoms with Gasteiger partial charge in [0.2, 0.25) is 6.79 Å². The number of aliphatic hydroxyl groups is 2. The van der Waals surface area contributed by atoms with E-state index in [9.17, 15) is 10.2 Å². The standard InChI is InChI=1S/C17H21NO4/c19-12-8-17-3-1-4-18(17)5-2-10-6-13-14(22-9-21-13)7-11(10)15(17)16(12)20/h6-7,12,15-16,19-20H,1-5,8-9H2/t12-,15-,16+,17+/m1/s1. The quantitative estimate of drug-likeness (QED) is 0.749. The third-order valence-corrected chi connectivity index (χ3v) is 6.17. The summed E-state index contributed by atoms with van der Waals surface area (Å²) in [5, 5.41) is 21.1. The van der Waals surface area contributed by atoms with Crippen LogP contribution in [0.15, 0.2) is 12.1 Å². The Morgan fingerprint density at radius 1 is 1.14 bits per heavy atom. The van der Waals surface area contributed by atoms with Gasteiger partial charge in [-0.2, -0.15) is 0 Å². The van der Waals surface area contributed by atoms with Gasteiger partial charge in [-0.3, -0.25) is 4.90 Å². The van der Waals surface area contributed by atoms with Crippen LogP contribution < -0.4 is 9.47 Å². The molecule has 0 amide bonds. The van der Waals surface area contributed by atoms with Gasteiger partial charge in [-0.15, -0.1) is 0 Å². The third kappa shape index (κ3) is 1.54. The molecule has 1 aromatic carbocycles. The lowest BCUT2D eigenvalue weighted by molar-refractivity contribution is 0.0339. The maximum absolute atomic E-state index is 10.7.